The van der Waals surface area contributed by atoms with Crippen molar-refractivity contribution >= 4 is 11.9 Å². The van der Waals surface area contributed by atoms with Crippen molar-refractivity contribution in [1.29, 1.82) is 0 Å². The number of benzene rings is 1. The number of nitrogens with two attached hydrogens (primary N) is 1. The van der Waals surface area contributed by atoms with Crippen LogP contribution in [0.4, 0.5) is 13.2 Å². The van der Waals surface area contributed by atoms with Crippen LogP contribution >= 0.6 is 0 Å². The number of hydrogen-bond donors (Lipinski definition) is 2. The Hall–Kier alpha value is -2.09. The number of ether oxygens (including phenoxy) is 1. The Labute approximate surface area is 131 Å². The van der Waals surface area contributed by atoms with E-state index in [-0.39, 0.29) is 5.56 Å². The van der Waals surface area contributed by atoms with Gasteiger partial charge in [0, 0.05) is 6.07 Å². The highest BCUT2D eigenvalue weighted by Gasteiger charge is 2.35. The summed E-state index contributed by atoms with van der Waals surface area (Å²) in [6.07, 6.45) is -0.536. The molecule has 0 amide bonds. The Morgan fingerprint density at radius 2 is 1.70 bits per heavy atom. The molecular formula is C15H18F3NO4. The molecule has 0 radical (unpaired) electrons. The van der Waals surface area contributed by atoms with Gasteiger partial charge in [0.1, 0.15) is 17.5 Å². The zero-order valence-corrected chi connectivity index (χ0v) is 12.9. The number of carboxylic acid groups (broad SMARTS) is 1. The number of hydrogen-bond acceptors (Lipinski definition) is 4. The predicted molar refractivity (Wildman–Crippen MR) is 75.0 cm³/mol. The van der Waals surface area contributed by atoms with Crippen molar-refractivity contribution in [1.82, 2.24) is 0 Å². The van der Waals surface area contributed by atoms with Gasteiger partial charge in [0.05, 0.1) is 5.92 Å². The Morgan fingerprint density at radius 3 is 2.17 bits per heavy atom. The molecule has 0 fully saturated rings. The predicted octanol–water partition coefficient (Wildman–Crippen LogP) is 2.02. The summed E-state index contributed by atoms with van der Waals surface area (Å²) in [6, 6.07) is -0.794. The Morgan fingerprint density at radius 1 is 1.17 bits per heavy atom. The summed E-state index contributed by atoms with van der Waals surface area (Å²) in [7, 11) is 0. The number of carboxylic acids is 1. The van der Waals surface area contributed by atoms with Gasteiger partial charge in [-0.25, -0.2) is 13.2 Å². The monoisotopic (exact) mass is 333 g/mol. The summed E-state index contributed by atoms with van der Waals surface area (Å²) in [4.78, 5) is 23.2. The highest BCUT2D eigenvalue weighted by Crippen LogP contribution is 2.21. The molecule has 2 atom stereocenters. The first-order valence-corrected chi connectivity index (χ1v) is 6.77. The average molecular weight is 333 g/mol. The van der Waals surface area contributed by atoms with E-state index in [1.807, 2.05) is 0 Å². The molecule has 1 unspecified atom stereocenters. The van der Waals surface area contributed by atoms with Crippen LogP contribution in [0.15, 0.2) is 12.1 Å². The molecule has 0 aliphatic heterocycles. The third kappa shape index (κ3) is 5.24. The Bertz CT molecular complexity index is 613. The standard InChI is InChI=1S/C15H18F3NO4/c1-15(2,3)23-14(22)8(12(19)13(20)21)4-7-5-10(17)11(18)6-9(7)16/h5-6,8,12H,4,19H2,1-3H3,(H,20,21)/t8?,12-/m1/s1. The van der Waals surface area contributed by atoms with Crippen LogP contribution in [0.2, 0.25) is 0 Å². The van der Waals surface area contributed by atoms with Gasteiger partial charge in [-0.15, -0.1) is 0 Å². The number of aliphatic carboxylic acids is 1. The normalized spacial score (nSPS) is 14.2. The highest BCUT2D eigenvalue weighted by molar-refractivity contribution is 5.83. The maximum absolute atomic E-state index is 13.7. The van der Waals surface area contributed by atoms with Crippen LogP contribution < -0.4 is 5.73 Å². The van der Waals surface area contributed by atoms with E-state index >= 15 is 0 Å². The fourth-order valence-electron chi connectivity index (χ4n) is 1.86. The second-order valence-electron chi connectivity index (χ2n) is 6.07. The van der Waals surface area contributed by atoms with Crippen LogP contribution in [-0.2, 0) is 20.7 Å². The molecule has 0 aliphatic carbocycles. The molecule has 0 saturated carbocycles. The topological polar surface area (TPSA) is 89.6 Å². The molecule has 1 rings (SSSR count). The quantitative estimate of drug-likeness (QED) is 0.635. The van der Waals surface area contributed by atoms with Crippen LogP contribution in [0.1, 0.15) is 26.3 Å². The van der Waals surface area contributed by atoms with Crippen molar-refractivity contribution in [2.75, 3.05) is 0 Å². The van der Waals surface area contributed by atoms with Crippen LogP contribution in [0.3, 0.4) is 0 Å². The first-order chi connectivity index (χ1) is 10.4. The fourth-order valence-corrected chi connectivity index (χ4v) is 1.86. The molecule has 0 spiro atoms. The molecule has 0 bridgehead atoms. The minimum absolute atomic E-state index is 0.323. The molecule has 1 aromatic carbocycles. The molecule has 23 heavy (non-hydrogen) atoms. The molecule has 0 saturated heterocycles. The van der Waals surface area contributed by atoms with Gasteiger partial charge in [0.2, 0.25) is 0 Å². The van der Waals surface area contributed by atoms with Crippen LogP contribution in [0.5, 0.6) is 0 Å². The maximum atomic E-state index is 13.7. The molecule has 5 nitrogen and oxygen atoms in total. The van der Waals surface area contributed by atoms with Gasteiger partial charge in [-0.3, -0.25) is 9.59 Å². The summed E-state index contributed by atoms with van der Waals surface area (Å²) >= 11 is 0. The van der Waals surface area contributed by atoms with Crippen molar-refractivity contribution in [3.8, 4) is 0 Å². The molecule has 1 aromatic rings. The third-order valence-electron chi connectivity index (χ3n) is 2.96. The lowest BCUT2D eigenvalue weighted by Crippen LogP contribution is -2.45. The molecule has 0 heterocycles. The summed E-state index contributed by atoms with van der Waals surface area (Å²) in [5.41, 5.74) is 4.17. The van der Waals surface area contributed by atoms with Crippen molar-refractivity contribution in [2.45, 2.75) is 38.8 Å². The van der Waals surface area contributed by atoms with Gasteiger partial charge in [-0.05, 0) is 38.8 Å². The SMILES string of the molecule is CC(C)(C)OC(=O)C(Cc1cc(F)c(F)cc1F)[C@@H](N)C(=O)O. The summed E-state index contributed by atoms with van der Waals surface area (Å²) < 4.78 is 44.9. The van der Waals surface area contributed by atoms with E-state index in [9.17, 15) is 22.8 Å². The highest BCUT2D eigenvalue weighted by atomic mass is 19.2. The molecular weight excluding hydrogens is 315 g/mol. The second kappa shape index (κ2) is 6.99. The minimum Gasteiger partial charge on any atom is -0.480 e. The number of halogens is 3. The van der Waals surface area contributed by atoms with Crippen LogP contribution in [-0.4, -0.2) is 28.7 Å². The van der Waals surface area contributed by atoms with Crippen molar-refractivity contribution in [3.63, 3.8) is 0 Å². The van der Waals surface area contributed by atoms with E-state index in [4.69, 9.17) is 15.6 Å². The smallest absolute Gasteiger partial charge is 0.321 e. The lowest BCUT2D eigenvalue weighted by molar-refractivity contribution is -0.163. The molecule has 3 N–H and O–H groups in total. The first-order valence-electron chi connectivity index (χ1n) is 6.77. The Balaban J connectivity index is 3.14. The lowest BCUT2D eigenvalue weighted by Gasteiger charge is -2.26. The van der Waals surface area contributed by atoms with Gasteiger partial charge >= 0.3 is 11.9 Å². The minimum atomic E-state index is -1.68. The number of carbonyl (C=O) groups excluding carboxylic acids is 1. The van der Waals surface area contributed by atoms with Gasteiger partial charge in [-0.2, -0.15) is 0 Å². The zero-order valence-electron chi connectivity index (χ0n) is 12.9. The molecule has 0 aromatic heterocycles. The fraction of sp³-hybridized carbons (Fsp3) is 0.467. The van der Waals surface area contributed by atoms with E-state index < -0.39 is 53.4 Å². The maximum Gasteiger partial charge on any atom is 0.321 e. The van der Waals surface area contributed by atoms with E-state index in [1.165, 1.54) is 0 Å². The largest absolute Gasteiger partial charge is 0.480 e. The molecule has 8 heteroatoms. The lowest BCUT2D eigenvalue weighted by atomic mass is 9.92. The Kier molecular flexibility index (Phi) is 5.76. The van der Waals surface area contributed by atoms with Crippen LogP contribution in [0.25, 0.3) is 0 Å². The average Bonchev–Trinajstić information content (AvgIpc) is 2.38. The summed E-state index contributed by atoms with van der Waals surface area (Å²) in [5, 5.41) is 8.99. The van der Waals surface area contributed by atoms with Crippen molar-refractivity contribution < 1.29 is 32.6 Å². The van der Waals surface area contributed by atoms with Gasteiger partial charge in [0.25, 0.3) is 0 Å². The van der Waals surface area contributed by atoms with E-state index in [0.717, 1.165) is 0 Å². The zero-order chi connectivity index (χ0) is 17.9. The van der Waals surface area contributed by atoms with Gasteiger partial charge in [0.15, 0.2) is 11.6 Å². The van der Waals surface area contributed by atoms with Crippen LogP contribution in [0, 0.1) is 23.4 Å². The second-order valence-corrected chi connectivity index (χ2v) is 6.07. The van der Waals surface area contributed by atoms with Gasteiger partial charge in [-0.1, -0.05) is 0 Å². The van der Waals surface area contributed by atoms with Gasteiger partial charge < -0.3 is 15.6 Å². The number of carbonyl (C=O) groups is 2. The number of esters is 1. The first kappa shape index (κ1) is 19.0. The van der Waals surface area contributed by atoms with E-state index in [1.54, 1.807) is 20.8 Å². The summed E-state index contributed by atoms with van der Waals surface area (Å²) in [6.45, 7) is 4.69. The number of rotatable bonds is 5. The van der Waals surface area contributed by atoms with E-state index in [0.29, 0.717) is 12.1 Å². The summed E-state index contributed by atoms with van der Waals surface area (Å²) in [5.74, 6) is -7.71. The van der Waals surface area contributed by atoms with Crippen molar-refractivity contribution in [2.24, 2.45) is 11.7 Å². The van der Waals surface area contributed by atoms with Crippen molar-refractivity contribution in [3.05, 3.63) is 35.1 Å². The molecule has 0 aliphatic rings. The van der Waals surface area contributed by atoms with E-state index in [2.05, 4.69) is 0 Å². The molecule has 128 valence electrons. The third-order valence-corrected chi connectivity index (χ3v) is 2.96.